The summed E-state index contributed by atoms with van der Waals surface area (Å²) >= 11 is 11.6. The van der Waals surface area contributed by atoms with Crippen LogP contribution in [0.25, 0.3) is 0 Å². The highest BCUT2D eigenvalue weighted by atomic mass is 35.5. The summed E-state index contributed by atoms with van der Waals surface area (Å²) in [6, 6.07) is 1.88. The van der Waals surface area contributed by atoms with Gasteiger partial charge in [0.05, 0.1) is 22.2 Å². The van der Waals surface area contributed by atoms with Gasteiger partial charge >= 0.3 is 5.97 Å². The van der Waals surface area contributed by atoms with Crippen molar-refractivity contribution in [1.82, 2.24) is 0 Å². The molecule has 0 aromatic heterocycles. The first-order valence-corrected chi connectivity index (χ1v) is 5.28. The van der Waals surface area contributed by atoms with Crippen LogP contribution in [-0.2, 0) is 4.79 Å². The third-order valence-corrected chi connectivity index (χ3v) is 2.47. The molecule has 0 aliphatic carbocycles. The molecule has 6 heteroatoms. The standard InChI is InChI=1S/C10H10Cl2FNO2/c1-5(2-9(15)16)14-10-7(11)3-6(13)4-8(10)12/h3-5,14H,2H2,1H3,(H,15,16). The normalized spacial score (nSPS) is 12.2. The zero-order valence-electron chi connectivity index (χ0n) is 8.43. The van der Waals surface area contributed by atoms with Gasteiger partial charge in [-0.05, 0) is 19.1 Å². The first kappa shape index (κ1) is 13.1. The molecule has 0 aliphatic rings. The molecule has 1 aromatic carbocycles. The van der Waals surface area contributed by atoms with Crippen LogP contribution in [0.15, 0.2) is 12.1 Å². The van der Waals surface area contributed by atoms with Gasteiger partial charge in [0, 0.05) is 6.04 Å². The number of hydrogen-bond donors (Lipinski definition) is 2. The third kappa shape index (κ3) is 3.54. The molecule has 2 N–H and O–H groups in total. The molecule has 1 unspecified atom stereocenters. The highest BCUT2D eigenvalue weighted by molar-refractivity contribution is 6.39. The summed E-state index contributed by atoms with van der Waals surface area (Å²) in [7, 11) is 0. The monoisotopic (exact) mass is 265 g/mol. The summed E-state index contributed by atoms with van der Waals surface area (Å²) < 4.78 is 12.9. The highest BCUT2D eigenvalue weighted by Gasteiger charge is 2.13. The van der Waals surface area contributed by atoms with E-state index in [0.29, 0.717) is 5.69 Å². The number of hydrogen-bond acceptors (Lipinski definition) is 2. The van der Waals surface area contributed by atoms with Crippen LogP contribution in [0.2, 0.25) is 10.0 Å². The lowest BCUT2D eigenvalue weighted by Crippen LogP contribution is -2.19. The molecule has 0 amide bonds. The fourth-order valence-corrected chi connectivity index (χ4v) is 1.81. The van der Waals surface area contributed by atoms with E-state index in [1.807, 2.05) is 0 Å². The van der Waals surface area contributed by atoms with Gasteiger partial charge < -0.3 is 10.4 Å². The van der Waals surface area contributed by atoms with Crippen molar-refractivity contribution in [2.45, 2.75) is 19.4 Å². The highest BCUT2D eigenvalue weighted by Crippen LogP contribution is 2.32. The van der Waals surface area contributed by atoms with E-state index in [9.17, 15) is 9.18 Å². The third-order valence-electron chi connectivity index (χ3n) is 1.88. The molecule has 0 fully saturated rings. The fraction of sp³-hybridized carbons (Fsp3) is 0.300. The Morgan fingerprint density at radius 1 is 1.50 bits per heavy atom. The van der Waals surface area contributed by atoms with E-state index >= 15 is 0 Å². The van der Waals surface area contributed by atoms with Gasteiger partial charge in [-0.25, -0.2) is 4.39 Å². The number of nitrogens with one attached hydrogen (secondary N) is 1. The van der Waals surface area contributed by atoms with E-state index in [0.717, 1.165) is 12.1 Å². The van der Waals surface area contributed by atoms with Crippen LogP contribution >= 0.6 is 23.2 Å². The van der Waals surface area contributed by atoms with Crippen LogP contribution < -0.4 is 5.32 Å². The average Bonchev–Trinajstić information content (AvgIpc) is 2.09. The molecular weight excluding hydrogens is 256 g/mol. The number of benzene rings is 1. The summed E-state index contributed by atoms with van der Waals surface area (Å²) in [5.74, 6) is -1.47. The minimum absolute atomic E-state index is 0.0793. The maximum absolute atomic E-state index is 12.9. The van der Waals surface area contributed by atoms with Crippen molar-refractivity contribution in [3.8, 4) is 0 Å². The molecule has 1 atom stereocenters. The SMILES string of the molecule is CC(CC(=O)O)Nc1c(Cl)cc(F)cc1Cl. The number of carbonyl (C=O) groups is 1. The molecule has 0 radical (unpaired) electrons. The second-order valence-electron chi connectivity index (χ2n) is 3.39. The Labute approximate surface area is 102 Å². The van der Waals surface area contributed by atoms with E-state index in [1.54, 1.807) is 6.92 Å². The second kappa shape index (κ2) is 5.37. The maximum atomic E-state index is 12.9. The molecule has 0 saturated carbocycles. The summed E-state index contributed by atoms with van der Waals surface area (Å²) in [5.41, 5.74) is 0.346. The van der Waals surface area contributed by atoms with Crippen LogP contribution in [0.1, 0.15) is 13.3 Å². The van der Waals surface area contributed by atoms with Gasteiger partial charge in [-0.3, -0.25) is 4.79 Å². The van der Waals surface area contributed by atoms with Crippen molar-refractivity contribution >= 4 is 34.9 Å². The Morgan fingerprint density at radius 2 is 2.00 bits per heavy atom. The van der Waals surface area contributed by atoms with Crippen molar-refractivity contribution in [2.24, 2.45) is 0 Å². The van der Waals surface area contributed by atoms with Crippen LogP contribution in [0, 0.1) is 5.82 Å². The van der Waals surface area contributed by atoms with Gasteiger partial charge in [0.15, 0.2) is 0 Å². The average molecular weight is 266 g/mol. The summed E-state index contributed by atoms with van der Waals surface area (Å²) in [6.45, 7) is 1.67. The predicted molar refractivity (Wildman–Crippen MR) is 61.8 cm³/mol. The Kier molecular flexibility index (Phi) is 4.38. The molecule has 1 aromatic rings. The molecule has 0 spiro atoms. The van der Waals surface area contributed by atoms with Crippen molar-refractivity contribution in [1.29, 1.82) is 0 Å². The van der Waals surface area contributed by atoms with Crippen LogP contribution in [0.4, 0.5) is 10.1 Å². The van der Waals surface area contributed by atoms with Gasteiger partial charge in [0.2, 0.25) is 0 Å². The molecule has 0 heterocycles. The predicted octanol–water partition coefficient (Wildman–Crippen LogP) is 3.41. The minimum Gasteiger partial charge on any atom is -0.481 e. The first-order chi connectivity index (χ1) is 7.40. The van der Waals surface area contributed by atoms with Crippen LogP contribution in [-0.4, -0.2) is 17.1 Å². The minimum atomic E-state index is -0.936. The van der Waals surface area contributed by atoms with Gasteiger partial charge in [-0.15, -0.1) is 0 Å². The number of halogens is 3. The van der Waals surface area contributed by atoms with E-state index in [-0.39, 0.29) is 22.5 Å². The molecule has 0 aliphatic heterocycles. The zero-order valence-corrected chi connectivity index (χ0v) is 9.94. The summed E-state index contributed by atoms with van der Waals surface area (Å²) in [4.78, 5) is 10.5. The first-order valence-electron chi connectivity index (χ1n) is 4.53. The Hall–Kier alpha value is -1.00. The number of anilines is 1. The number of rotatable bonds is 4. The van der Waals surface area contributed by atoms with E-state index < -0.39 is 11.8 Å². The van der Waals surface area contributed by atoms with Crippen molar-refractivity contribution in [3.05, 3.63) is 28.0 Å². The van der Waals surface area contributed by atoms with E-state index in [4.69, 9.17) is 28.3 Å². The van der Waals surface area contributed by atoms with Crippen molar-refractivity contribution < 1.29 is 14.3 Å². The Morgan fingerprint density at radius 3 is 2.44 bits per heavy atom. The fourth-order valence-electron chi connectivity index (χ4n) is 1.24. The van der Waals surface area contributed by atoms with Crippen molar-refractivity contribution in [2.75, 3.05) is 5.32 Å². The van der Waals surface area contributed by atoms with Crippen molar-refractivity contribution in [3.63, 3.8) is 0 Å². The van der Waals surface area contributed by atoms with Crippen LogP contribution in [0.3, 0.4) is 0 Å². The lowest BCUT2D eigenvalue weighted by Gasteiger charge is -2.15. The Balaban J connectivity index is 2.85. The van der Waals surface area contributed by atoms with Gasteiger partial charge in [0.1, 0.15) is 5.82 Å². The topological polar surface area (TPSA) is 49.3 Å². The molecule has 1 rings (SSSR count). The molecular formula is C10H10Cl2FNO2. The number of carboxylic acids is 1. The number of carboxylic acid groups (broad SMARTS) is 1. The summed E-state index contributed by atoms with van der Waals surface area (Å²) in [6.07, 6.45) is -0.0793. The van der Waals surface area contributed by atoms with Gasteiger partial charge in [0.25, 0.3) is 0 Å². The van der Waals surface area contributed by atoms with E-state index in [2.05, 4.69) is 5.32 Å². The molecule has 0 saturated heterocycles. The maximum Gasteiger partial charge on any atom is 0.305 e. The molecule has 16 heavy (non-hydrogen) atoms. The smallest absolute Gasteiger partial charge is 0.305 e. The second-order valence-corrected chi connectivity index (χ2v) is 4.20. The molecule has 0 bridgehead atoms. The Bertz CT molecular complexity index is 389. The quantitative estimate of drug-likeness (QED) is 0.877. The van der Waals surface area contributed by atoms with Gasteiger partial charge in [-0.2, -0.15) is 0 Å². The van der Waals surface area contributed by atoms with Crippen LogP contribution in [0.5, 0.6) is 0 Å². The molecule has 3 nitrogen and oxygen atoms in total. The van der Waals surface area contributed by atoms with E-state index in [1.165, 1.54) is 0 Å². The lowest BCUT2D eigenvalue weighted by molar-refractivity contribution is -0.137. The summed E-state index contributed by atoms with van der Waals surface area (Å²) in [5, 5.41) is 11.7. The largest absolute Gasteiger partial charge is 0.481 e. The van der Waals surface area contributed by atoms with Gasteiger partial charge in [-0.1, -0.05) is 23.2 Å². The lowest BCUT2D eigenvalue weighted by atomic mass is 10.2. The number of aliphatic carboxylic acids is 1. The zero-order chi connectivity index (χ0) is 12.3. The molecule has 88 valence electrons.